The van der Waals surface area contributed by atoms with Crippen LogP contribution in [0.3, 0.4) is 0 Å². The van der Waals surface area contributed by atoms with Gasteiger partial charge in [0.25, 0.3) is 17.5 Å². The van der Waals surface area contributed by atoms with E-state index in [-0.39, 0.29) is 23.8 Å². The number of hydrogen-bond donors (Lipinski definition) is 2. The summed E-state index contributed by atoms with van der Waals surface area (Å²) >= 11 is 0. The van der Waals surface area contributed by atoms with E-state index >= 15 is 0 Å². The normalized spacial score (nSPS) is 11.9. The number of nitrogens with one attached hydrogen (secondary N) is 2. The summed E-state index contributed by atoms with van der Waals surface area (Å²) < 4.78 is 10.3. The SMILES string of the molecule is CC(NC(=O)C(=Cc1cccc([N+](=O)[O-])c1)NC(=O)c1ccco1)C(=O)OCc1ccccc1. The monoisotopic (exact) mass is 463 g/mol. The van der Waals surface area contributed by atoms with Crippen molar-refractivity contribution < 1.29 is 28.5 Å². The van der Waals surface area contributed by atoms with Crippen LogP contribution in [0.15, 0.2) is 83.1 Å². The number of amides is 2. The average molecular weight is 463 g/mol. The molecule has 1 unspecified atom stereocenters. The highest BCUT2D eigenvalue weighted by atomic mass is 16.6. The molecule has 0 fully saturated rings. The molecular weight excluding hydrogens is 442 g/mol. The van der Waals surface area contributed by atoms with Crippen LogP contribution in [0.2, 0.25) is 0 Å². The van der Waals surface area contributed by atoms with Crippen LogP contribution < -0.4 is 10.6 Å². The molecule has 0 aliphatic rings. The minimum atomic E-state index is -1.04. The molecule has 0 saturated heterocycles. The van der Waals surface area contributed by atoms with E-state index in [2.05, 4.69) is 10.6 Å². The second-order valence-corrected chi connectivity index (χ2v) is 7.13. The summed E-state index contributed by atoms with van der Waals surface area (Å²) in [7, 11) is 0. The van der Waals surface area contributed by atoms with Crippen molar-refractivity contribution in [1.29, 1.82) is 0 Å². The lowest BCUT2D eigenvalue weighted by Gasteiger charge is -2.15. The molecule has 0 bridgehead atoms. The molecule has 1 aromatic heterocycles. The lowest BCUT2D eigenvalue weighted by Crippen LogP contribution is -2.43. The van der Waals surface area contributed by atoms with Crippen LogP contribution >= 0.6 is 0 Å². The summed E-state index contributed by atoms with van der Waals surface area (Å²) in [6.45, 7) is 1.47. The molecule has 10 nitrogen and oxygen atoms in total. The van der Waals surface area contributed by atoms with Gasteiger partial charge in [0.05, 0.1) is 11.2 Å². The van der Waals surface area contributed by atoms with Crippen molar-refractivity contribution >= 4 is 29.5 Å². The Labute approximate surface area is 194 Å². The number of ether oxygens (including phenoxy) is 1. The van der Waals surface area contributed by atoms with Gasteiger partial charge >= 0.3 is 5.97 Å². The minimum absolute atomic E-state index is 0.0332. The number of rotatable bonds is 9. The Balaban J connectivity index is 1.75. The summed E-state index contributed by atoms with van der Waals surface area (Å²) in [6.07, 6.45) is 2.55. The number of nitro benzene ring substituents is 1. The van der Waals surface area contributed by atoms with Gasteiger partial charge in [0.1, 0.15) is 18.3 Å². The van der Waals surface area contributed by atoms with Gasteiger partial charge in [0.15, 0.2) is 5.76 Å². The topological polar surface area (TPSA) is 141 Å². The summed E-state index contributed by atoms with van der Waals surface area (Å²) in [6, 6.07) is 16.4. The van der Waals surface area contributed by atoms with Gasteiger partial charge in [0, 0.05) is 12.1 Å². The molecule has 1 heterocycles. The number of benzene rings is 2. The Morgan fingerprint density at radius 1 is 1.09 bits per heavy atom. The molecule has 0 radical (unpaired) electrons. The van der Waals surface area contributed by atoms with E-state index in [0.29, 0.717) is 5.56 Å². The third-order valence-corrected chi connectivity index (χ3v) is 4.55. The van der Waals surface area contributed by atoms with Gasteiger partial charge in [-0.3, -0.25) is 19.7 Å². The van der Waals surface area contributed by atoms with Crippen molar-refractivity contribution in [2.45, 2.75) is 19.6 Å². The van der Waals surface area contributed by atoms with Gasteiger partial charge in [-0.05, 0) is 36.3 Å². The summed E-state index contributed by atoms with van der Waals surface area (Å²) in [5, 5.41) is 15.9. The third kappa shape index (κ3) is 6.63. The predicted octanol–water partition coefficient (Wildman–Crippen LogP) is 3.21. The first kappa shape index (κ1) is 23.9. The maximum Gasteiger partial charge on any atom is 0.328 e. The van der Waals surface area contributed by atoms with E-state index in [0.717, 1.165) is 5.56 Å². The third-order valence-electron chi connectivity index (χ3n) is 4.55. The fraction of sp³-hybridized carbons (Fsp3) is 0.125. The highest BCUT2D eigenvalue weighted by Crippen LogP contribution is 2.16. The number of carbonyl (C=O) groups excluding carboxylic acids is 3. The number of esters is 1. The Kier molecular flexibility index (Phi) is 7.90. The van der Waals surface area contributed by atoms with Crippen molar-refractivity contribution in [3.63, 3.8) is 0 Å². The van der Waals surface area contributed by atoms with Crippen molar-refractivity contribution in [2.24, 2.45) is 0 Å². The quantitative estimate of drug-likeness (QED) is 0.215. The lowest BCUT2D eigenvalue weighted by molar-refractivity contribution is -0.384. The van der Waals surface area contributed by atoms with Crippen molar-refractivity contribution in [2.75, 3.05) is 0 Å². The maximum absolute atomic E-state index is 12.9. The molecule has 34 heavy (non-hydrogen) atoms. The highest BCUT2D eigenvalue weighted by molar-refractivity contribution is 6.05. The molecule has 0 aliphatic heterocycles. The summed E-state index contributed by atoms with van der Waals surface area (Å²) in [5.41, 5.74) is 0.637. The Morgan fingerprint density at radius 3 is 2.53 bits per heavy atom. The number of nitrogens with zero attached hydrogens (tertiary/aromatic N) is 1. The Bertz CT molecular complexity index is 1200. The number of carbonyl (C=O) groups is 3. The van der Waals surface area contributed by atoms with Crippen LogP contribution in [0.5, 0.6) is 0 Å². The lowest BCUT2D eigenvalue weighted by atomic mass is 10.1. The summed E-state index contributed by atoms with van der Waals surface area (Å²) in [5.74, 6) is -2.23. The number of furan rings is 1. The fourth-order valence-corrected chi connectivity index (χ4v) is 2.83. The molecule has 0 aliphatic carbocycles. The second kappa shape index (κ2) is 11.2. The van der Waals surface area contributed by atoms with Crippen LogP contribution in [-0.2, 0) is 20.9 Å². The van der Waals surface area contributed by atoms with Gasteiger partial charge in [0.2, 0.25) is 0 Å². The van der Waals surface area contributed by atoms with Gasteiger partial charge < -0.3 is 19.8 Å². The van der Waals surface area contributed by atoms with Crippen molar-refractivity contribution in [3.8, 4) is 0 Å². The largest absolute Gasteiger partial charge is 0.459 e. The van der Waals surface area contributed by atoms with Crippen LogP contribution in [-0.4, -0.2) is 28.7 Å². The van der Waals surface area contributed by atoms with Gasteiger partial charge in [-0.15, -0.1) is 0 Å². The van der Waals surface area contributed by atoms with Gasteiger partial charge in [-0.2, -0.15) is 0 Å². The van der Waals surface area contributed by atoms with Crippen molar-refractivity contribution in [3.05, 3.63) is 106 Å². The molecule has 2 aromatic carbocycles. The number of non-ortho nitro benzene ring substituents is 1. The Hall–Kier alpha value is -4.73. The molecule has 2 amide bonds. The Morgan fingerprint density at radius 2 is 1.85 bits per heavy atom. The zero-order chi connectivity index (χ0) is 24.5. The molecule has 3 aromatic rings. The molecule has 0 saturated carbocycles. The smallest absolute Gasteiger partial charge is 0.328 e. The van der Waals surface area contributed by atoms with E-state index in [1.807, 2.05) is 6.07 Å². The average Bonchev–Trinajstić information content (AvgIpc) is 3.38. The zero-order valence-corrected chi connectivity index (χ0v) is 18.1. The van der Waals surface area contributed by atoms with E-state index in [4.69, 9.17) is 9.15 Å². The van der Waals surface area contributed by atoms with Gasteiger partial charge in [-0.1, -0.05) is 42.5 Å². The van der Waals surface area contributed by atoms with Crippen LogP contribution in [0.4, 0.5) is 5.69 Å². The molecule has 3 rings (SSSR count). The predicted molar refractivity (Wildman–Crippen MR) is 121 cm³/mol. The first-order valence-corrected chi connectivity index (χ1v) is 10.2. The standard InChI is InChI=1S/C24H21N3O7/c1-16(24(30)34-15-17-7-3-2-4-8-17)25-22(28)20(26-23(29)21-11-6-12-33-21)14-18-9-5-10-19(13-18)27(31)32/h2-14,16H,15H2,1H3,(H,25,28)(H,26,29). The molecular formula is C24H21N3O7. The molecule has 2 N–H and O–H groups in total. The fourth-order valence-electron chi connectivity index (χ4n) is 2.83. The van der Waals surface area contributed by atoms with Crippen molar-refractivity contribution in [1.82, 2.24) is 10.6 Å². The molecule has 10 heteroatoms. The van der Waals surface area contributed by atoms with Crippen LogP contribution in [0.25, 0.3) is 6.08 Å². The minimum Gasteiger partial charge on any atom is -0.459 e. The number of hydrogen-bond acceptors (Lipinski definition) is 7. The highest BCUT2D eigenvalue weighted by Gasteiger charge is 2.22. The zero-order valence-electron chi connectivity index (χ0n) is 18.1. The number of nitro groups is 1. The molecule has 0 spiro atoms. The first-order chi connectivity index (χ1) is 16.3. The second-order valence-electron chi connectivity index (χ2n) is 7.13. The van der Waals surface area contributed by atoms with E-state index < -0.39 is 28.7 Å². The van der Waals surface area contributed by atoms with Gasteiger partial charge in [-0.25, -0.2) is 4.79 Å². The first-order valence-electron chi connectivity index (χ1n) is 10.2. The summed E-state index contributed by atoms with van der Waals surface area (Å²) in [4.78, 5) is 48.1. The van der Waals surface area contributed by atoms with E-state index in [1.54, 1.807) is 24.3 Å². The maximum atomic E-state index is 12.9. The van der Waals surface area contributed by atoms with Crippen LogP contribution in [0.1, 0.15) is 28.6 Å². The van der Waals surface area contributed by atoms with Crippen LogP contribution in [0, 0.1) is 10.1 Å². The molecule has 174 valence electrons. The van der Waals surface area contributed by atoms with E-state index in [9.17, 15) is 24.5 Å². The van der Waals surface area contributed by atoms with E-state index in [1.165, 1.54) is 55.7 Å². The molecule has 1 atom stereocenters.